The minimum absolute atomic E-state index is 0.334. The van der Waals surface area contributed by atoms with Crippen LogP contribution in [0, 0.1) is 5.92 Å². The SMILES string of the molecule is CC(C)COC[C@@H](O)CN1CCC[C@H]1c1nc2c([nH]1)CCCC2. The lowest BCUT2D eigenvalue weighted by Crippen LogP contribution is -2.35. The van der Waals surface area contributed by atoms with Gasteiger partial charge in [-0.05, 0) is 51.0 Å². The number of nitrogens with one attached hydrogen (secondary N) is 1. The topological polar surface area (TPSA) is 61.4 Å². The molecule has 1 aromatic heterocycles. The van der Waals surface area contributed by atoms with Crippen molar-refractivity contribution in [3.05, 3.63) is 17.2 Å². The molecular weight excluding hydrogens is 290 g/mol. The van der Waals surface area contributed by atoms with Gasteiger partial charge in [0.05, 0.1) is 24.4 Å². The molecule has 0 saturated carbocycles. The van der Waals surface area contributed by atoms with E-state index in [4.69, 9.17) is 9.72 Å². The predicted molar refractivity (Wildman–Crippen MR) is 90.4 cm³/mol. The van der Waals surface area contributed by atoms with E-state index >= 15 is 0 Å². The number of aliphatic hydroxyl groups is 1. The maximum atomic E-state index is 10.3. The highest BCUT2D eigenvalue weighted by atomic mass is 16.5. The molecule has 1 saturated heterocycles. The number of imidazole rings is 1. The molecule has 2 N–H and O–H groups in total. The van der Waals surface area contributed by atoms with Gasteiger partial charge < -0.3 is 14.8 Å². The van der Waals surface area contributed by atoms with Crippen LogP contribution in [0.4, 0.5) is 0 Å². The van der Waals surface area contributed by atoms with E-state index in [2.05, 4.69) is 23.7 Å². The maximum Gasteiger partial charge on any atom is 0.124 e. The lowest BCUT2D eigenvalue weighted by atomic mass is 10.0. The van der Waals surface area contributed by atoms with Crippen molar-refractivity contribution in [2.75, 3.05) is 26.3 Å². The fourth-order valence-electron chi connectivity index (χ4n) is 3.75. The minimum Gasteiger partial charge on any atom is -0.389 e. The van der Waals surface area contributed by atoms with Crippen LogP contribution in [0.5, 0.6) is 0 Å². The number of nitrogens with zero attached hydrogens (tertiary/aromatic N) is 2. The molecule has 130 valence electrons. The van der Waals surface area contributed by atoms with E-state index in [1.54, 1.807) is 0 Å². The monoisotopic (exact) mass is 321 g/mol. The molecule has 0 spiro atoms. The van der Waals surface area contributed by atoms with Crippen molar-refractivity contribution in [3.63, 3.8) is 0 Å². The Balaban J connectivity index is 1.56. The summed E-state index contributed by atoms with van der Waals surface area (Å²) >= 11 is 0. The molecule has 0 bridgehead atoms. The maximum absolute atomic E-state index is 10.3. The van der Waals surface area contributed by atoms with Gasteiger partial charge in [-0.3, -0.25) is 4.90 Å². The molecule has 2 heterocycles. The molecule has 23 heavy (non-hydrogen) atoms. The summed E-state index contributed by atoms with van der Waals surface area (Å²) in [4.78, 5) is 10.8. The Hall–Kier alpha value is -0.910. The van der Waals surface area contributed by atoms with Crippen molar-refractivity contribution in [1.29, 1.82) is 0 Å². The van der Waals surface area contributed by atoms with E-state index < -0.39 is 6.10 Å². The molecule has 5 heteroatoms. The molecule has 3 rings (SSSR count). The number of aliphatic hydroxyl groups excluding tert-OH is 1. The predicted octanol–water partition coefficient (Wildman–Crippen LogP) is 2.46. The lowest BCUT2D eigenvalue weighted by molar-refractivity contribution is 0.00568. The van der Waals surface area contributed by atoms with Crippen molar-refractivity contribution in [1.82, 2.24) is 14.9 Å². The van der Waals surface area contributed by atoms with E-state index in [0.29, 0.717) is 31.7 Å². The van der Waals surface area contributed by atoms with E-state index in [0.717, 1.165) is 31.6 Å². The molecule has 1 aliphatic carbocycles. The number of hydrogen-bond donors (Lipinski definition) is 2. The van der Waals surface area contributed by atoms with E-state index in [9.17, 15) is 5.11 Å². The number of ether oxygens (including phenoxy) is 1. The van der Waals surface area contributed by atoms with Crippen molar-refractivity contribution in [2.45, 2.75) is 64.5 Å². The number of aromatic nitrogens is 2. The van der Waals surface area contributed by atoms with Gasteiger partial charge in [-0.15, -0.1) is 0 Å². The molecule has 1 aromatic rings. The zero-order chi connectivity index (χ0) is 16.2. The van der Waals surface area contributed by atoms with Crippen LogP contribution in [-0.4, -0.2) is 52.4 Å². The van der Waals surface area contributed by atoms with Crippen molar-refractivity contribution < 1.29 is 9.84 Å². The molecule has 2 atom stereocenters. The van der Waals surface area contributed by atoms with Crippen LogP contribution in [0.3, 0.4) is 0 Å². The van der Waals surface area contributed by atoms with Gasteiger partial charge in [-0.1, -0.05) is 13.8 Å². The summed E-state index contributed by atoms with van der Waals surface area (Å²) in [6, 6.07) is 0.334. The highest BCUT2D eigenvalue weighted by Crippen LogP contribution is 2.32. The highest BCUT2D eigenvalue weighted by Gasteiger charge is 2.30. The molecule has 2 aliphatic rings. The van der Waals surface area contributed by atoms with Gasteiger partial charge in [-0.25, -0.2) is 4.98 Å². The number of hydrogen-bond acceptors (Lipinski definition) is 4. The van der Waals surface area contributed by atoms with Gasteiger partial charge in [0.2, 0.25) is 0 Å². The van der Waals surface area contributed by atoms with Crippen LogP contribution >= 0.6 is 0 Å². The molecule has 0 unspecified atom stereocenters. The number of β-amino-alcohol motifs (C(OH)–C–C–N with tert-alkyl or cyclic N) is 1. The fourth-order valence-corrected chi connectivity index (χ4v) is 3.75. The Kier molecular flexibility index (Phi) is 5.72. The Labute approximate surface area is 139 Å². The van der Waals surface area contributed by atoms with Crippen molar-refractivity contribution in [3.8, 4) is 0 Å². The smallest absolute Gasteiger partial charge is 0.124 e. The quantitative estimate of drug-likeness (QED) is 0.810. The Morgan fingerprint density at radius 1 is 1.26 bits per heavy atom. The molecular formula is C18H31N3O2. The summed E-state index contributed by atoms with van der Waals surface area (Å²) < 4.78 is 5.57. The van der Waals surface area contributed by atoms with Gasteiger partial charge in [0.25, 0.3) is 0 Å². The highest BCUT2D eigenvalue weighted by molar-refractivity contribution is 5.19. The molecule has 1 aliphatic heterocycles. The largest absolute Gasteiger partial charge is 0.389 e. The van der Waals surface area contributed by atoms with E-state index in [-0.39, 0.29) is 0 Å². The van der Waals surface area contributed by atoms with Crippen LogP contribution in [0.2, 0.25) is 0 Å². The second-order valence-electron chi connectivity index (χ2n) is 7.49. The number of rotatable bonds is 7. The standard InChI is InChI=1S/C18H31N3O2/c1-13(2)11-23-12-14(22)10-21-9-5-8-17(21)18-19-15-6-3-4-7-16(15)20-18/h13-14,17,22H,3-12H2,1-2H3,(H,19,20)/t14-,17-/m0/s1. The number of fused-ring (bicyclic) bond motifs is 1. The van der Waals surface area contributed by atoms with Crippen LogP contribution in [0.1, 0.15) is 62.8 Å². The van der Waals surface area contributed by atoms with Gasteiger partial charge in [0, 0.05) is 18.8 Å². The van der Waals surface area contributed by atoms with Crippen molar-refractivity contribution >= 4 is 0 Å². The molecule has 0 aromatic carbocycles. The third-order valence-electron chi connectivity index (χ3n) is 4.86. The molecule has 0 radical (unpaired) electrons. The molecule has 5 nitrogen and oxygen atoms in total. The second kappa shape index (κ2) is 7.77. The number of aromatic amines is 1. The van der Waals surface area contributed by atoms with Crippen LogP contribution in [-0.2, 0) is 17.6 Å². The fraction of sp³-hybridized carbons (Fsp3) is 0.833. The first-order valence-corrected chi connectivity index (χ1v) is 9.21. The lowest BCUT2D eigenvalue weighted by Gasteiger charge is -2.25. The van der Waals surface area contributed by atoms with Crippen LogP contribution in [0.15, 0.2) is 0 Å². The zero-order valence-corrected chi connectivity index (χ0v) is 14.6. The Morgan fingerprint density at radius 2 is 2.09 bits per heavy atom. The normalized spacial score (nSPS) is 23.4. The second-order valence-corrected chi connectivity index (χ2v) is 7.49. The Morgan fingerprint density at radius 3 is 2.87 bits per heavy atom. The Bertz CT molecular complexity index is 477. The first kappa shape index (κ1) is 16.9. The van der Waals surface area contributed by atoms with Crippen LogP contribution < -0.4 is 0 Å². The minimum atomic E-state index is -0.418. The average molecular weight is 321 g/mol. The van der Waals surface area contributed by atoms with Gasteiger partial charge in [0.1, 0.15) is 5.82 Å². The third-order valence-corrected chi connectivity index (χ3v) is 4.86. The first-order valence-electron chi connectivity index (χ1n) is 9.21. The summed E-state index contributed by atoms with van der Waals surface area (Å²) in [6.07, 6.45) is 6.68. The van der Waals surface area contributed by atoms with Crippen molar-refractivity contribution in [2.24, 2.45) is 5.92 Å². The number of H-pyrrole nitrogens is 1. The van der Waals surface area contributed by atoms with Crippen LogP contribution in [0.25, 0.3) is 0 Å². The summed E-state index contributed by atoms with van der Waals surface area (Å²) in [5, 5.41) is 10.3. The van der Waals surface area contributed by atoms with E-state index in [1.165, 1.54) is 30.7 Å². The number of aryl methyl sites for hydroxylation is 2. The number of likely N-dealkylation sites (tertiary alicyclic amines) is 1. The molecule has 0 amide bonds. The van der Waals surface area contributed by atoms with Gasteiger partial charge >= 0.3 is 0 Å². The third kappa shape index (κ3) is 4.34. The first-order chi connectivity index (χ1) is 11.1. The molecule has 1 fully saturated rings. The average Bonchev–Trinajstić information content (AvgIpc) is 3.12. The summed E-state index contributed by atoms with van der Waals surface area (Å²) in [6.45, 7) is 7.11. The zero-order valence-electron chi connectivity index (χ0n) is 14.6. The van der Waals surface area contributed by atoms with E-state index in [1.807, 2.05) is 0 Å². The van der Waals surface area contributed by atoms with Gasteiger partial charge in [-0.2, -0.15) is 0 Å². The summed E-state index contributed by atoms with van der Waals surface area (Å²) in [7, 11) is 0. The summed E-state index contributed by atoms with van der Waals surface area (Å²) in [5.74, 6) is 1.63. The van der Waals surface area contributed by atoms with Gasteiger partial charge in [0.15, 0.2) is 0 Å². The summed E-state index contributed by atoms with van der Waals surface area (Å²) in [5.41, 5.74) is 2.62.